The van der Waals surface area contributed by atoms with Crippen LogP contribution < -0.4 is 15.2 Å². The van der Waals surface area contributed by atoms with Crippen molar-refractivity contribution in [2.24, 2.45) is 10.9 Å². The number of hydrogen-bond acceptors (Lipinski definition) is 8. The summed E-state index contributed by atoms with van der Waals surface area (Å²) in [4.78, 5) is 8.70. The molecule has 0 bridgehead atoms. The molecule has 192 valence electrons. The second-order valence-corrected chi connectivity index (χ2v) is 11.2. The zero-order valence-electron chi connectivity index (χ0n) is 20.9. The smallest absolute Gasteiger partial charge is 0.241 e. The van der Waals surface area contributed by atoms with Crippen molar-refractivity contribution in [3.05, 3.63) is 64.0 Å². The molecule has 4 rings (SSSR count). The molecule has 1 aromatic heterocycles. The number of rotatable bonds is 11. The van der Waals surface area contributed by atoms with E-state index in [0.29, 0.717) is 11.3 Å². The highest BCUT2D eigenvalue weighted by molar-refractivity contribution is 7.99. The predicted octanol–water partition coefficient (Wildman–Crippen LogP) is 5.74. The van der Waals surface area contributed by atoms with Crippen molar-refractivity contribution < 1.29 is 14.7 Å². The molecule has 0 amide bonds. The minimum atomic E-state index is -0.417. The lowest BCUT2D eigenvalue weighted by Crippen LogP contribution is -2.31. The number of aromatic nitrogens is 1. The van der Waals surface area contributed by atoms with Crippen LogP contribution in [0.15, 0.2) is 53.7 Å². The summed E-state index contributed by atoms with van der Waals surface area (Å²) in [6, 6.07) is 15.3. The van der Waals surface area contributed by atoms with Crippen LogP contribution in [-0.4, -0.2) is 51.8 Å². The number of unbranched alkanes of at least 4 members (excludes halogenated alkanes) is 1. The molecule has 0 radical (unpaired) electrons. The average Bonchev–Trinajstić information content (AvgIpc) is 3.27. The molecule has 2 heterocycles. The van der Waals surface area contributed by atoms with Crippen LogP contribution in [-0.2, 0) is 6.54 Å². The van der Waals surface area contributed by atoms with Gasteiger partial charge in [-0.05, 0) is 61.9 Å². The summed E-state index contributed by atoms with van der Waals surface area (Å²) in [5.74, 6) is 3.90. The number of ether oxygens (including phenoxy) is 2. The monoisotopic (exact) mass is 526 g/mol. The number of amidine groups is 1. The molecule has 1 unspecified atom stereocenters. The Balaban J connectivity index is 1.44. The normalized spacial score (nSPS) is 15.6. The topological polar surface area (TPSA) is 93.2 Å². The molecule has 1 aliphatic heterocycles. The van der Waals surface area contributed by atoms with Crippen LogP contribution in [0.2, 0.25) is 0 Å². The molecular weight excluding hydrogens is 492 g/mol. The molecule has 1 saturated heterocycles. The van der Waals surface area contributed by atoms with Crippen molar-refractivity contribution in [2.75, 3.05) is 24.6 Å². The third-order valence-electron chi connectivity index (χ3n) is 5.99. The molecule has 36 heavy (non-hydrogen) atoms. The predicted molar refractivity (Wildman–Crippen MR) is 148 cm³/mol. The van der Waals surface area contributed by atoms with Gasteiger partial charge in [0.25, 0.3) is 0 Å². The minimum absolute atomic E-state index is 0.0637. The van der Waals surface area contributed by atoms with Gasteiger partial charge in [0.15, 0.2) is 5.84 Å². The van der Waals surface area contributed by atoms with Crippen molar-refractivity contribution >= 4 is 28.9 Å². The lowest BCUT2D eigenvalue weighted by Gasteiger charge is -2.25. The van der Waals surface area contributed by atoms with E-state index in [1.54, 1.807) is 35.6 Å². The summed E-state index contributed by atoms with van der Waals surface area (Å²) < 4.78 is 12.4. The Morgan fingerprint density at radius 3 is 2.33 bits per heavy atom. The van der Waals surface area contributed by atoms with Crippen LogP contribution in [0.5, 0.6) is 11.5 Å². The van der Waals surface area contributed by atoms with E-state index in [9.17, 15) is 0 Å². The van der Waals surface area contributed by atoms with Crippen molar-refractivity contribution in [3.8, 4) is 22.8 Å². The first-order valence-corrected chi connectivity index (χ1v) is 14.3. The molecule has 1 atom stereocenters. The fraction of sp³-hybridized carbons (Fsp3) is 0.407. The molecule has 1 aliphatic rings. The Hall–Kier alpha value is -2.75. The van der Waals surface area contributed by atoms with Crippen molar-refractivity contribution in [1.29, 1.82) is 0 Å². The Morgan fingerprint density at radius 2 is 1.72 bits per heavy atom. The summed E-state index contributed by atoms with van der Waals surface area (Å²) in [5.41, 5.74) is 8.46. The Labute approximate surface area is 221 Å². The molecule has 0 spiro atoms. The number of nitrogens with zero attached hydrogens (tertiary/aromatic N) is 3. The van der Waals surface area contributed by atoms with E-state index in [1.807, 2.05) is 23.9 Å². The quantitative estimate of drug-likeness (QED) is 0.108. The van der Waals surface area contributed by atoms with E-state index in [2.05, 4.69) is 36.0 Å². The van der Waals surface area contributed by atoms with Gasteiger partial charge in [0.1, 0.15) is 11.5 Å². The first-order chi connectivity index (χ1) is 17.6. The number of nitrogens with two attached hydrogens (primary N) is 1. The summed E-state index contributed by atoms with van der Waals surface area (Å²) in [7, 11) is 0. The van der Waals surface area contributed by atoms with E-state index in [-0.39, 0.29) is 5.84 Å². The van der Waals surface area contributed by atoms with E-state index in [0.717, 1.165) is 60.9 Å². The molecule has 0 saturated carbocycles. The minimum Gasteiger partial charge on any atom is -0.455 e. The molecule has 3 aromatic rings. The summed E-state index contributed by atoms with van der Waals surface area (Å²) in [6.45, 7) is 7.46. The SMILES string of the molecule is CCCCC(Oc1ccc(C(N)=NO)cc1)Oc1ccc(-c2nc(C)sc2CN2CCSCC2)cc1. The zero-order valence-corrected chi connectivity index (χ0v) is 22.5. The number of benzene rings is 2. The summed E-state index contributed by atoms with van der Waals surface area (Å²) in [5, 5.41) is 13.0. The van der Waals surface area contributed by atoms with Crippen LogP contribution in [0.4, 0.5) is 0 Å². The maximum absolute atomic E-state index is 8.85. The molecule has 7 nitrogen and oxygen atoms in total. The van der Waals surface area contributed by atoms with Gasteiger partial charge in [0.2, 0.25) is 6.29 Å². The van der Waals surface area contributed by atoms with Gasteiger partial charge in [0.05, 0.1) is 10.7 Å². The maximum Gasteiger partial charge on any atom is 0.241 e. The Kier molecular flexibility index (Phi) is 9.49. The van der Waals surface area contributed by atoms with Crippen LogP contribution in [0.25, 0.3) is 11.3 Å². The van der Waals surface area contributed by atoms with Gasteiger partial charge in [0, 0.05) is 53.6 Å². The van der Waals surface area contributed by atoms with Crippen molar-refractivity contribution in [1.82, 2.24) is 9.88 Å². The molecule has 1 fully saturated rings. The largest absolute Gasteiger partial charge is 0.455 e. The fourth-order valence-corrected chi connectivity index (χ4v) is 6.01. The van der Waals surface area contributed by atoms with E-state index >= 15 is 0 Å². The first kappa shape index (κ1) is 26.3. The Bertz CT molecular complexity index is 1130. The van der Waals surface area contributed by atoms with Crippen LogP contribution in [0.3, 0.4) is 0 Å². The number of thiazole rings is 1. The second kappa shape index (κ2) is 13.0. The molecule has 9 heteroatoms. The van der Waals surface area contributed by atoms with Crippen LogP contribution in [0.1, 0.15) is 41.6 Å². The summed E-state index contributed by atoms with van der Waals surface area (Å²) in [6.07, 6.45) is 2.39. The van der Waals surface area contributed by atoms with Gasteiger partial charge in [-0.25, -0.2) is 4.98 Å². The van der Waals surface area contributed by atoms with Gasteiger partial charge in [-0.3, -0.25) is 4.90 Å². The number of thioether (sulfide) groups is 1. The van der Waals surface area contributed by atoms with E-state index in [4.69, 9.17) is 25.4 Å². The highest BCUT2D eigenvalue weighted by atomic mass is 32.2. The van der Waals surface area contributed by atoms with Crippen molar-refractivity contribution in [2.45, 2.75) is 45.9 Å². The van der Waals surface area contributed by atoms with E-state index in [1.165, 1.54) is 16.4 Å². The second-order valence-electron chi connectivity index (χ2n) is 8.73. The first-order valence-electron chi connectivity index (χ1n) is 12.3. The molecular formula is C27H34N4O3S2. The number of aryl methyl sites for hydroxylation is 1. The third kappa shape index (κ3) is 7.15. The Morgan fingerprint density at radius 1 is 1.08 bits per heavy atom. The van der Waals surface area contributed by atoms with Crippen molar-refractivity contribution in [3.63, 3.8) is 0 Å². The van der Waals surface area contributed by atoms with Gasteiger partial charge in [-0.15, -0.1) is 11.3 Å². The highest BCUT2D eigenvalue weighted by Gasteiger charge is 2.18. The number of oxime groups is 1. The van der Waals surface area contributed by atoms with Crippen LogP contribution in [0, 0.1) is 6.92 Å². The van der Waals surface area contributed by atoms with Gasteiger partial charge >= 0.3 is 0 Å². The van der Waals surface area contributed by atoms with E-state index < -0.39 is 6.29 Å². The lowest BCUT2D eigenvalue weighted by molar-refractivity contribution is -0.00211. The van der Waals surface area contributed by atoms with Gasteiger partial charge < -0.3 is 20.4 Å². The molecule has 2 aromatic carbocycles. The number of hydrogen-bond donors (Lipinski definition) is 2. The lowest BCUT2D eigenvalue weighted by atomic mass is 10.1. The molecule has 0 aliphatic carbocycles. The standard InChI is InChI=1S/C27H34N4O3S2/c1-3-4-5-25(34-23-12-8-21(9-13-23)27(28)30-32)33-22-10-6-20(7-11-22)26-24(36-19(2)29-26)18-31-14-16-35-17-15-31/h6-13,25,32H,3-5,14-18H2,1-2H3,(H2,28,30). The average molecular weight is 527 g/mol. The summed E-state index contributed by atoms with van der Waals surface area (Å²) >= 11 is 3.82. The van der Waals surface area contributed by atoms with Crippen LogP contribution >= 0.6 is 23.1 Å². The van der Waals surface area contributed by atoms with Gasteiger partial charge in [-0.2, -0.15) is 11.8 Å². The van der Waals surface area contributed by atoms with Gasteiger partial charge in [-0.1, -0.05) is 18.5 Å². The maximum atomic E-state index is 8.85. The fourth-order valence-electron chi connectivity index (χ4n) is 4.03. The molecule has 3 N–H and O–H groups in total. The highest BCUT2D eigenvalue weighted by Crippen LogP contribution is 2.31. The third-order valence-corrected chi connectivity index (χ3v) is 7.89. The zero-order chi connectivity index (χ0) is 25.3.